The van der Waals surface area contributed by atoms with E-state index in [0.29, 0.717) is 17.3 Å². The number of nitrogens with one attached hydrogen (secondary N) is 1. The molecule has 5 rings (SSSR count). The highest BCUT2D eigenvalue weighted by Gasteiger charge is 2.31. The van der Waals surface area contributed by atoms with Crippen molar-refractivity contribution in [1.29, 1.82) is 0 Å². The van der Waals surface area contributed by atoms with Gasteiger partial charge in [-0.25, -0.2) is 4.98 Å². The molecule has 0 spiro atoms. The minimum Gasteiger partial charge on any atom is -0.481 e. The van der Waals surface area contributed by atoms with Crippen molar-refractivity contribution in [2.75, 3.05) is 5.32 Å². The molecule has 1 saturated carbocycles. The van der Waals surface area contributed by atoms with Crippen LogP contribution in [0.3, 0.4) is 0 Å². The van der Waals surface area contributed by atoms with Gasteiger partial charge in [-0.2, -0.15) is 0 Å². The fourth-order valence-corrected chi connectivity index (χ4v) is 5.10. The van der Waals surface area contributed by atoms with Crippen LogP contribution in [0.4, 0.5) is 18.9 Å². The Morgan fingerprint density at radius 3 is 2.23 bits per heavy atom. The van der Waals surface area contributed by atoms with Gasteiger partial charge in [-0.15, -0.1) is 13.2 Å². The molecule has 2 heterocycles. The highest BCUT2D eigenvalue weighted by molar-refractivity contribution is 6.03. The van der Waals surface area contributed by atoms with Gasteiger partial charge in [-0.3, -0.25) is 9.59 Å². The highest BCUT2D eigenvalue weighted by Crippen LogP contribution is 2.37. The molecule has 10 heteroatoms. The zero-order valence-electron chi connectivity index (χ0n) is 20.8. The van der Waals surface area contributed by atoms with Crippen LogP contribution in [0.5, 0.6) is 5.75 Å². The number of benzene rings is 2. The molecule has 0 radical (unpaired) electrons. The Morgan fingerprint density at radius 2 is 1.59 bits per heavy atom. The van der Waals surface area contributed by atoms with Gasteiger partial charge in [0.15, 0.2) is 0 Å². The number of carboxylic acid groups (broad SMARTS) is 1. The lowest BCUT2D eigenvalue weighted by Crippen LogP contribution is -2.17. The van der Waals surface area contributed by atoms with Crippen molar-refractivity contribution in [1.82, 2.24) is 9.38 Å². The molecule has 0 unspecified atom stereocenters. The molecule has 7 nitrogen and oxygen atoms in total. The number of hydrogen-bond donors (Lipinski definition) is 2. The van der Waals surface area contributed by atoms with Gasteiger partial charge in [0, 0.05) is 24.5 Å². The fourth-order valence-electron chi connectivity index (χ4n) is 5.10. The van der Waals surface area contributed by atoms with E-state index < -0.39 is 18.2 Å². The number of alkyl halides is 3. The zero-order chi connectivity index (χ0) is 27.6. The Morgan fingerprint density at radius 1 is 0.923 bits per heavy atom. The molecule has 39 heavy (non-hydrogen) atoms. The predicted octanol–water partition coefficient (Wildman–Crippen LogP) is 6.90. The van der Waals surface area contributed by atoms with Crippen LogP contribution in [0.2, 0.25) is 0 Å². The van der Waals surface area contributed by atoms with Crippen molar-refractivity contribution in [3.8, 4) is 16.9 Å². The van der Waals surface area contributed by atoms with Gasteiger partial charge >= 0.3 is 12.3 Å². The summed E-state index contributed by atoms with van der Waals surface area (Å²) in [5, 5.41) is 11.6. The number of aromatic nitrogens is 2. The number of aliphatic carboxylic acids is 1. The Hall–Kier alpha value is -4.34. The summed E-state index contributed by atoms with van der Waals surface area (Å²) in [6.07, 6.45) is 2.80. The summed E-state index contributed by atoms with van der Waals surface area (Å²) in [6.45, 7) is 0. The van der Waals surface area contributed by atoms with E-state index in [0.717, 1.165) is 48.9 Å². The molecule has 202 valence electrons. The van der Waals surface area contributed by atoms with Crippen molar-refractivity contribution in [3.05, 3.63) is 84.3 Å². The van der Waals surface area contributed by atoms with Gasteiger partial charge in [0.05, 0.1) is 0 Å². The van der Waals surface area contributed by atoms with Gasteiger partial charge in [-0.05, 0) is 90.6 Å². The molecule has 1 amide bonds. The smallest absolute Gasteiger partial charge is 0.481 e. The van der Waals surface area contributed by atoms with Gasteiger partial charge in [-0.1, -0.05) is 24.3 Å². The molecule has 1 aliphatic carbocycles. The third kappa shape index (κ3) is 6.57. The van der Waals surface area contributed by atoms with Crippen LogP contribution in [0, 0.1) is 5.92 Å². The number of carbonyl (C=O) groups is 2. The lowest BCUT2D eigenvalue weighted by molar-refractivity contribution is -0.274. The molecular formula is C29H26F3N3O4. The van der Waals surface area contributed by atoms with Crippen LogP contribution in [-0.2, 0) is 4.79 Å². The van der Waals surface area contributed by atoms with Crippen LogP contribution in [0.1, 0.15) is 54.1 Å². The topological polar surface area (TPSA) is 92.9 Å². The maximum absolute atomic E-state index is 12.7. The number of carbonyl (C=O) groups excluding carboxylic acids is 1. The molecular weight excluding hydrogens is 511 g/mol. The van der Waals surface area contributed by atoms with E-state index in [1.165, 1.54) is 17.7 Å². The lowest BCUT2D eigenvalue weighted by Gasteiger charge is -2.28. The number of imidazole rings is 1. The summed E-state index contributed by atoms with van der Waals surface area (Å²) < 4.78 is 42.6. The van der Waals surface area contributed by atoms with Crippen molar-refractivity contribution in [2.45, 2.75) is 44.4 Å². The normalized spacial score (nSPS) is 17.6. The Balaban J connectivity index is 1.24. The number of hydrogen-bond acceptors (Lipinski definition) is 4. The summed E-state index contributed by atoms with van der Waals surface area (Å²) in [6, 6.07) is 17.0. The maximum Gasteiger partial charge on any atom is 0.573 e. The molecule has 2 N–H and O–H groups in total. The first-order valence-corrected chi connectivity index (χ1v) is 12.6. The molecule has 2 aromatic heterocycles. The predicted molar refractivity (Wildman–Crippen MR) is 139 cm³/mol. The molecule has 0 atom stereocenters. The SMILES string of the molecule is O=C(O)CC1CCC(c2ccc(-c3ccc4nc(C(=O)Nc5ccc(OC(F)(F)F)cc5)cn4c3)cc2)CC1. The molecule has 1 aliphatic rings. The van der Waals surface area contributed by atoms with Crippen LogP contribution in [-0.4, -0.2) is 32.7 Å². The molecule has 1 fully saturated rings. The van der Waals surface area contributed by atoms with E-state index in [-0.39, 0.29) is 23.8 Å². The van der Waals surface area contributed by atoms with Crippen LogP contribution in [0.25, 0.3) is 16.8 Å². The zero-order valence-corrected chi connectivity index (χ0v) is 20.8. The number of fused-ring (bicyclic) bond motifs is 1. The second kappa shape index (κ2) is 10.8. The van der Waals surface area contributed by atoms with E-state index in [9.17, 15) is 22.8 Å². The summed E-state index contributed by atoms with van der Waals surface area (Å²) >= 11 is 0. The van der Waals surface area contributed by atoms with E-state index in [1.807, 2.05) is 18.3 Å². The number of anilines is 1. The Labute approximate surface area is 222 Å². The number of ether oxygens (including phenoxy) is 1. The quantitative estimate of drug-likeness (QED) is 0.268. The van der Waals surface area contributed by atoms with E-state index in [1.54, 1.807) is 10.6 Å². The maximum atomic E-state index is 12.7. The highest BCUT2D eigenvalue weighted by atomic mass is 19.4. The number of halogens is 3. The minimum absolute atomic E-state index is 0.164. The van der Waals surface area contributed by atoms with Gasteiger partial charge in [0.1, 0.15) is 17.1 Å². The van der Waals surface area contributed by atoms with E-state index in [2.05, 4.69) is 39.3 Å². The number of carboxylic acids is 1. The van der Waals surface area contributed by atoms with Gasteiger partial charge in [0.25, 0.3) is 5.91 Å². The first-order valence-electron chi connectivity index (χ1n) is 12.6. The van der Waals surface area contributed by atoms with E-state index in [4.69, 9.17) is 5.11 Å². The summed E-state index contributed by atoms with van der Waals surface area (Å²) in [7, 11) is 0. The second-order valence-electron chi connectivity index (χ2n) is 9.77. The summed E-state index contributed by atoms with van der Waals surface area (Å²) in [5.74, 6) is -0.886. The molecule has 4 aromatic rings. The monoisotopic (exact) mass is 537 g/mol. The second-order valence-corrected chi connectivity index (χ2v) is 9.77. The minimum atomic E-state index is -4.79. The van der Waals surface area contributed by atoms with Crippen molar-refractivity contribution in [3.63, 3.8) is 0 Å². The van der Waals surface area contributed by atoms with Crippen molar-refractivity contribution >= 4 is 23.2 Å². The van der Waals surface area contributed by atoms with Gasteiger partial charge in [0.2, 0.25) is 0 Å². The summed E-state index contributed by atoms with van der Waals surface area (Å²) in [4.78, 5) is 28.0. The fraction of sp³-hybridized carbons (Fsp3) is 0.276. The third-order valence-corrected chi connectivity index (χ3v) is 7.05. The number of amides is 1. The Kier molecular flexibility index (Phi) is 7.28. The van der Waals surface area contributed by atoms with Crippen LogP contribution >= 0.6 is 0 Å². The van der Waals surface area contributed by atoms with Crippen molar-refractivity contribution < 1.29 is 32.6 Å². The number of rotatable bonds is 7. The van der Waals surface area contributed by atoms with Crippen LogP contribution in [0.15, 0.2) is 73.1 Å². The first kappa shape index (κ1) is 26.3. The molecule has 0 aliphatic heterocycles. The largest absolute Gasteiger partial charge is 0.573 e. The standard InChI is InChI=1S/C29H26F3N3O4/c30-29(31,32)39-24-12-10-23(11-13-24)33-28(38)25-17-35-16-22(9-14-26(35)34-25)21-7-5-20(6-8-21)19-3-1-18(2-4-19)15-27(36)37/h5-14,16-19H,1-4,15H2,(H,33,38)(H,36,37). The molecule has 0 bridgehead atoms. The molecule has 0 saturated heterocycles. The molecule has 2 aromatic carbocycles. The van der Waals surface area contributed by atoms with Crippen molar-refractivity contribution in [2.24, 2.45) is 5.92 Å². The van der Waals surface area contributed by atoms with E-state index >= 15 is 0 Å². The first-order chi connectivity index (χ1) is 18.6. The average molecular weight is 538 g/mol. The lowest BCUT2D eigenvalue weighted by atomic mass is 9.77. The third-order valence-electron chi connectivity index (χ3n) is 7.05. The Bertz CT molecular complexity index is 1470. The van der Waals surface area contributed by atoms with Gasteiger partial charge < -0.3 is 19.6 Å². The number of pyridine rings is 1. The average Bonchev–Trinajstić information content (AvgIpc) is 3.33. The summed E-state index contributed by atoms with van der Waals surface area (Å²) in [5.41, 5.74) is 4.27. The number of nitrogens with zero attached hydrogens (tertiary/aromatic N) is 2. The van der Waals surface area contributed by atoms with Crippen LogP contribution < -0.4 is 10.1 Å².